The lowest BCUT2D eigenvalue weighted by Crippen LogP contribution is -2.60. The summed E-state index contributed by atoms with van der Waals surface area (Å²) in [5.41, 5.74) is 20.9. The Kier molecular flexibility index (Phi) is 3.83. The predicted molar refractivity (Wildman–Crippen MR) is 53.6 cm³/mol. The summed E-state index contributed by atoms with van der Waals surface area (Å²) >= 11 is 0. The molecule has 0 bridgehead atoms. The highest BCUT2D eigenvalue weighted by Crippen LogP contribution is 2.21. The quantitative estimate of drug-likeness (QED) is 0.427. The van der Waals surface area contributed by atoms with E-state index in [1.807, 2.05) is 27.7 Å². The van der Waals surface area contributed by atoms with Crippen LogP contribution in [0.5, 0.6) is 0 Å². The first-order valence-electron chi connectivity index (χ1n) is 4.32. The topological polar surface area (TPSA) is 113 Å². The van der Waals surface area contributed by atoms with Crippen LogP contribution in [0, 0.1) is 0 Å². The molecule has 80 valence electrons. The van der Waals surface area contributed by atoms with E-state index in [9.17, 15) is 0 Å². The fourth-order valence-electron chi connectivity index (χ4n) is 0.814. The van der Waals surface area contributed by atoms with Crippen molar-refractivity contribution in [2.24, 2.45) is 22.9 Å². The number of hydrogen-bond acceptors (Lipinski definition) is 5. The summed E-state index contributed by atoms with van der Waals surface area (Å²) < 4.78 is 5.65. The second-order valence-electron chi connectivity index (χ2n) is 4.36. The van der Waals surface area contributed by atoms with Gasteiger partial charge in [-0.15, -0.1) is 0 Å². The van der Waals surface area contributed by atoms with Crippen molar-refractivity contribution < 1.29 is 4.74 Å². The minimum Gasteiger partial charge on any atom is -0.364 e. The van der Waals surface area contributed by atoms with Gasteiger partial charge in [-0.3, -0.25) is 0 Å². The van der Waals surface area contributed by atoms with Crippen LogP contribution >= 0.6 is 0 Å². The molecular formula is C8H22N4O. The zero-order valence-corrected chi connectivity index (χ0v) is 8.87. The normalized spacial score (nSPS) is 14.3. The maximum absolute atomic E-state index is 5.65. The van der Waals surface area contributed by atoms with E-state index in [4.69, 9.17) is 27.7 Å². The molecule has 0 aliphatic rings. The van der Waals surface area contributed by atoms with Crippen molar-refractivity contribution in [3.8, 4) is 0 Å². The van der Waals surface area contributed by atoms with Gasteiger partial charge in [0.1, 0.15) is 0 Å². The Bertz CT molecular complexity index is 148. The molecule has 0 heterocycles. The number of nitrogens with two attached hydrogens (primary N) is 4. The molecule has 0 saturated heterocycles. The second kappa shape index (κ2) is 3.89. The minimum absolute atomic E-state index is 0.564. The number of ether oxygens (including phenoxy) is 1. The molecule has 5 nitrogen and oxygen atoms in total. The van der Waals surface area contributed by atoms with Gasteiger partial charge in [0.15, 0.2) is 0 Å². The van der Waals surface area contributed by atoms with E-state index in [0.29, 0.717) is 0 Å². The molecule has 13 heavy (non-hydrogen) atoms. The van der Waals surface area contributed by atoms with E-state index < -0.39 is 23.5 Å². The zero-order valence-electron chi connectivity index (χ0n) is 8.87. The molecule has 0 unspecified atom stereocenters. The van der Waals surface area contributed by atoms with E-state index >= 15 is 0 Å². The summed E-state index contributed by atoms with van der Waals surface area (Å²) in [6, 6.07) is 0. The maximum Gasteiger partial charge on any atom is 0.0914 e. The fraction of sp³-hybridized carbons (Fsp3) is 1.00. The Labute approximate surface area is 79.8 Å². The van der Waals surface area contributed by atoms with Crippen molar-refractivity contribution >= 4 is 0 Å². The van der Waals surface area contributed by atoms with Crippen molar-refractivity contribution in [3.63, 3.8) is 0 Å². The van der Waals surface area contributed by atoms with Gasteiger partial charge in [0.25, 0.3) is 0 Å². The van der Waals surface area contributed by atoms with Gasteiger partial charge in [-0.2, -0.15) is 0 Å². The molecule has 8 N–H and O–H groups in total. The van der Waals surface area contributed by atoms with Gasteiger partial charge in [0.05, 0.1) is 23.5 Å². The standard InChI is InChI=1S/C8H22N4O/c1-7(2,5(9)10)13-8(3,4)6(11)12/h5-6H,9-12H2,1-4H3. The molecule has 0 aromatic rings. The summed E-state index contributed by atoms with van der Waals surface area (Å²) in [6.45, 7) is 7.23. The monoisotopic (exact) mass is 190 g/mol. The maximum atomic E-state index is 5.65. The molecular weight excluding hydrogens is 168 g/mol. The van der Waals surface area contributed by atoms with Crippen molar-refractivity contribution in [2.75, 3.05) is 0 Å². The van der Waals surface area contributed by atoms with Crippen molar-refractivity contribution in [2.45, 2.75) is 51.2 Å². The van der Waals surface area contributed by atoms with Gasteiger partial charge in [0.2, 0.25) is 0 Å². The van der Waals surface area contributed by atoms with Crippen molar-refractivity contribution in [3.05, 3.63) is 0 Å². The van der Waals surface area contributed by atoms with Crippen LogP contribution in [0.3, 0.4) is 0 Å². The Morgan fingerprint density at radius 2 is 1.00 bits per heavy atom. The van der Waals surface area contributed by atoms with Crippen LogP contribution in [0.15, 0.2) is 0 Å². The summed E-state index contributed by atoms with van der Waals surface area (Å²) in [5.74, 6) is 0. The lowest BCUT2D eigenvalue weighted by atomic mass is 10.0. The van der Waals surface area contributed by atoms with E-state index in [1.165, 1.54) is 0 Å². The average molecular weight is 190 g/mol. The number of rotatable bonds is 4. The molecule has 5 heteroatoms. The predicted octanol–water partition coefficient (Wildman–Crippen LogP) is -0.953. The lowest BCUT2D eigenvalue weighted by Gasteiger charge is -2.40. The van der Waals surface area contributed by atoms with E-state index in [-0.39, 0.29) is 0 Å². The SMILES string of the molecule is CC(C)(OC(C)(C)C(N)N)C(N)N. The highest BCUT2D eigenvalue weighted by atomic mass is 16.5. The van der Waals surface area contributed by atoms with Gasteiger partial charge in [-0.1, -0.05) is 0 Å². The van der Waals surface area contributed by atoms with Crippen LogP contribution in [0.4, 0.5) is 0 Å². The summed E-state index contributed by atoms with van der Waals surface area (Å²) in [6.07, 6.45) is -1.13. The zero-order chi connectivity index (χ0) is 10.9. The molecule has 0 rings (SSSR count). The van der Waals surface area contributed by atoms with E-state index in [2.05, 4.69) is 0 Å². The van der Waals surface area contributed by atoms with Crippen LogP contribution < -0.4 is 22.9 Å². The molecule has 0 aromatic carbocycles. The minimum atomic E-state index is -0.638. The summed E-state index contributed by atoms with van der Waals surface area (Å²) in [5, 5.41) is 0. The molecule has 0 radical (unpaired) electrons. The third-order valence-corrected chi connectivity index (χ3v) is 2.13. The highest BCUT2D eigenvalue weighted by Gasteiger charge is 2.35. The van der Waals surface area contributed by atoms with Gasteiger partial charge < -0.3 is 27.7 Å². The van der Waals surface area contributed by atoms with Crippen molar-refractivity contribution in [1.29, 1.82) is 0 Å². The Hall–Kier alpha value is -0.200. The van der Waals surface area contributed by atoms with Gasteiger partial charge in [-0.05, 0) is 27.7 Å². The van der Waals surface area contributed by atoms with Crippen molar-refractivity contribution in [1.82, 2.24) is 0 Å². The van der Waals surface area contributed by atoms with E-state index in [0.717, 1.165) is 0 Å². The molecule has 0 aromatic heterocycles. The molecule has 0 aliphatic heterocycles. The fourth-order valence-corrected chi connectivity index (χ4v) is 0.814. The summed E-state index contributed by atoms with van der Waals surface area (Å²) in [7, 11) is 0. The molecule has 0 amide bonds. The lowest BCUT2D eigenvalue weighted by molar-refractivity contribution is -0.142. The van der Waals surface area contributed by atoms with Gasteiger partial charge >= 0.3 is 0 Å². The Morgan fingerprint density at radius 1 is 0.769 bits per heavy atom. The first kappa shape index (κ1) is 12.8. The third kappa shape index (κ3) is 3.58. The van der Waals surface area contributed by atoms with Gasteiger partial charge in [0, 0.05) is 0 Å². The van der Waals surface area contributed by atoms with Crippen LogP contribution in [-0.2, 0) is 4.74 Å². The second-order valence-corrected chi connectivity index (χ2v) is 4.36. The molecule has 0 spiro atoms. The molecule has 0 aliphatic carbocycles. The summed E-state index contributed by atoms with van der Waals surface area (Å²) in [4.78, 5) is 0. The Balaban J connectivity index is 4.42. The van der Waals surface area contributed by atoms with E-state index in [1.54, 1.807) is 0 Å². The first-order valence-corrected chi connectivity index (χ1v) is 4.32. The van der Waals surface area contributed by atoms with Crippen LogP contribution in [0.25, 0.3) is 0 Å². The average Bonchev–Trinajstić information content (AvgIpc) is 1.83. The van der Waals surface area contributed by atoms with Crippen LogP contribution in [0.2, 0.25) is 0 Å². The number of hydrogen-bond donors (Lipinski definition) is 4. The molecule has 0 saturated carbocycles. The Morgan fingerprint density at radius 3 is 1.15 bits per heavy atom. The van der Waals surface area contributed by atoms with Crippen LogP contribution in [-0.4, -0.2) is 23.5 Å². The third-order valence-electron chi connectivity index (χ3n) is 2.13. The highest BCUT2D eigenvalue weighted by molar-refractivity contribution is 4.86. The van der Waals surface area contributed by atoms with Gasteiger partial charge in [-0.25, -0.2) is 0 Å². The largest absolute Gasteiger partial charge is 0.364 e. The van der Waals surface area contributed by atoms with Crippen LogP contribution in [0.1, 0.15) is 27.7 Å². The molecule has 0 atom stereocenters. The molecule has 0 fully saturated rings. The smallest absolute Gasteiger partial charge is 0.0914 e. The first-order chi connectivity index (χ1) is 5.59.